The summed E-state index contributed by atoms with van der Waals surface area (Å²) in [6, 6.07) is 24.5. The number of aromatic nitrogens is 1. The van der Waals surface area contributed by atoms with Gasteiger partial charge in [-0.1, -0.05) is 48.5 Å². The third-order valence-electron chi connectivity index (χ3n) is 6.12. The van der Waals surface area contributed by atoms with Gasteiger partial charge in [-0.2, -0.15) is 0 Å². The number of hydrogen-bond donors (Lipinski definition) is 0. The van der Waals surface area contributed by atoms with Crippen molar-refractivity contribution < 1.29 is 9.53 Å². The molecular formula is C28H27N3O2. The number of pyridine rings is 1. The topological polar surface area (TPSA) is 45.7 Å². The molecule has 0 spiro atoms. The fourth-order valence-corrected chi connectivity index (χ4v) is 4.38. The molecule has 0 atom stereocenters. The van der Waals surface area contributed by atoms with E-state index in [4.69, 9.17) is 4.74 Å². The molecular weight excluding hydrogens is 410 g/mol. The zero-order valence-corrected chi connectivity index (χ0v) is 19.0. The minimum Gasteiger partial charge on any atom is -0.487 e. The molecule has 1 aliphatic heterocycles. The summed E-state index contributed by atoms with van der Waals surface area (Å²) in [4.78, 5) is 20.8. The monoisotopic (exact) mass is 437 g/mol. The Balaban J connectivity index is 1.32. The van der Waals surface area contributed by atoms with Crippen molar-refractivity contribution in [1.82, 2.24) is 14.8 Å². The summed E-state index contributed by atoms with van der Waals surface area (Å²) in [5.41, 5.74) is 6.64. The number of benzene rings is 3. The minimum atomic E-state index is -0.00523. The number of ether oxygens (including phenoxy) is 1. The Kier molecular flexibility index (Phi) is 5.80. The Bertz CT molecular complexity index is 1270. The summed E-state index contributed by atoms with van der Waals surface area (Å²) in [6.07, 6.45) is 1.81. The summed E-state index contributed by atoms with van der Waals surface area (Å²) < 4.78 is 6.16. The van der Waals surface area contributed by atoms with Crippen LogP contribution in [0.15, 0.2) is 79.0 Å². The van der Waals surface area contributed by atoms with Crippen LogP contribution in [0.5, 0.6) is 5.75 Å². The average molecular weight is 438 g/mol. The largest absolute Gasteiger partial charge is 0.487 e. The second-order valence-corrected chi connectivity index (χ2v) is 8.72. The van der Waals surface area contributed by atoms with Crippen molar-refractivity contribution in [3.05, 3.63) is 107 Å². The number of carbonyl (C=O) groups excluding carboxylic acids is 1. The van der Waals surface area contributed by atoms with E-state index in [9.17, 15) is 4.79 Å². The molecule has 0 saturated heterocycles. The van der Waals surface area contributed by atoms with Gasteiger partial charge in [0.25, 0.3) is 5.91 Å². The molecule has 0 bridgehead atoms. The molecule has 0 radical (unpaired) electrons. The number of rotatable bonds is 6. The second kappa shape index (κ2) is 9.04. The van der Waals surface area contributed by atoms with Crippen LogP contribution in [-0.4, -0.2) is 34.8 Å². The van der Waals surface area contributed by atoms with Crippen LogP contribution >= 0.6 is 0 Å². The SMILES string of the molecule is CN(C)C(=O)c1ccc(COc2ccc(CN3Cc4ccccc4C3)c3cccnc23)cc1. The molecule has 1 amide bonds. The van der Waals surface area contributed by atoms with Gasteiger partial charge in [0, 0.05) is 50.9 Å². The lowest BCUT2D eigenvalue weighted by Gasteiger charge is -2.17. The molecule has 5 nitrogen and oxygen atoms in total. The van der Waals surface area contributed by atoms with E-state index in [1.165, 1.54) is 16.7 Å². The molecule has 0 saturated carbocycles. The van der Waals surface area contributed by atoms with Gasteiger partial charge < -0.3 is 9.64 Å². The summed E-state index contributed by atoms with van der Waals surface area (Å²) in [5.74, 6) is 0.766. The Morgan fingerprint density at radius 1 is 0.939 bits per heavy atom. The first-order chi connectivity index (χ1) is 16.1. The lowest BCUT2D eigenvalue weighted by atomic mass is 10.1. The van der Waals surface area contributed by atoms with Gasteiger partial charge >= 0.3 is 0 Å². The van der Waals surface area contributed by atoms with Crippen molar-refractivity contribution >= 4 is 16.8 Å². The van der Waals surface area contributed by atoms with Crippen molar-refractivity contribution in [3.8, 4) is 5.75 Å². The average Bonchev–Trinajstić information content (AvgIpc) is 3.26. The van der Waals surface area contributed by atoms with Gasteiger partial charge in [0.05, 0.1) is 0 Å². The molecule has 0 unspecified atom stereocenters. The van der Waals surface area contributed by atoms with E-state index < -0.39 is 0 Å². The molecule has 0 aliphatic carbocycles. The van der Waals surface area contributed by atoms with Gasteiger partial charge in [0.1, 0.15) is 17.9 Å². The molecule has 1 aromatic heterocycles. The highest BCUT2D eigenvalue weighted by Gasteiger charge is 2.19. The summed E-state index contributed by atoms with van der Waals surface area (Å²) >= 11 is 0. The molecule has 1 aliphatic rings. The number of hydrogen-bond acceptors (Lipinski definition) is 4. The Morgan fingerprint density at radius 3 is 2.36 bits per heavy atom. The zero-order valence-electron chi connectivity index (χ0n) is 19.0. The van der Waals surface area contributed by atoms with Crippen LogP contribution in [0.4, 0.5) is 0 Å². The van der Waals surface area contributed by atoms with E-state index in [1.54, 1.807) is 19.0 Å². The highest BCUT2D eigenvalue weighted by atomic mass is 16.5. The van der Waals surface area contributed by atoms with E-state index in [-0.39, 0.29) is 5.91 Å². The molecule has 3 aromatic carbocycles. The Hall–Kier alpha value is -3.70. The van der Waals surface area contributed by atoms with Crippen LogP contribution in [0.2, 0.25) is 0 Å². The third-order valence-corrected chi connectivity index (χ3v) is 6.12. The lowest BCUT2D eigenvalue weighted by molar-refractivity contribution is 0.0827. The van der Waals surface area contributed by atoms with E-state index in [0.717, 1.165) is 41.9 Å². The van der Waals surface area contributed by atoms with Gasteiger partial charge in [-0.15, -0.1) is 0 Å². The number of carbonyl (C=O) groups is 1. The lowest BCUT2D eigenvalue weighted by Crippen LogP contribution is -2.21. The maximum Gasteiger partial charge on any atom is 0.253 e. The normalized spacial score (nSPS) is 13.2. The van der Waals surface area contributed by atoms with Crippen LogP contribution in [0.1, 0.15) is 32.6 Å². The summed E-state index contributed by atoms with van der Waals surface area (Å²) in [5, 5.41) is 1.12. The van der Waals surface area contributed by atoms with E-state index >= 15 is 0 Å². The predicted molar refractivity (Wildman–Crippen MR) is 130 cm³/mol. The first kappa shape index (κ1) is 21.2. The molecule has 0 fully saturated rings. The molecule has 5 rings (SSSR count). The van der Waals surface area contributed by atoms with Gasteiger partial charge in [-0.25, -0.2) is 0 Å². The van der Waals surface area contributed by atoms with Crippen LogP contribution in [0, 0.1) is 0 Å². The second-order valence-electron chi connectivity index (χ2n) is 8.72. The standard InChI is InChI=1S/C28H27N3O2/c1-30(2)28(32)21-11-9-20(10-12-21)19-33-26-14-13-24(25-8-5-15-29-27(25)26)18-31-16-22-6-3-4-7-23(22)17-31/h3-15H,16-19H2,1-2H3. The fraction of sp³-hybridized carbons (Fsp3) is 0.214. The minimum absolute atomic E-state index is 0.00523. The molecule has 5 heteroatoms. The molecule has 4 aromatic rings. The predicted octanol–water partition coefficient (Wildman–Crippen LogP) is 5.03. The Labute approximate surface area is 194 Å². The van der Waals surface area contributed by atoms with Gasteiger partial charge in [0.15, 0.2) is 0 Å². The Morgan fingerprint density at radius 2 is 1.67 bits per heavy atom. The highest BCUT2D eigenvalue weighted by Crippen LogP contribution is 2.30. The van der Waals surface area contributed by atoms with Crippen molar-refractivity contribution in [2.24, 2.45) is 0 Å². The van der Waals surface area contributed by atoms with Gasteiger partial charge in [0.2, 0.25) is 0 Å². The quantitative estimate of drug-likeness (QED) is 0.424. The number of amides is 1. The summed E-state index contributed by atoms with van der Waals surface area (Å²) in [6.45, 7) is 3.24. The fourth-order valence-electron chi connectivity index (χ4n) is 4.38. The van der Waals surface area contributed by atoms with E-state index in [2.05, 4.69) is 46.3 Å². The molecule has 33 heavy (non-hydrogen) atoms. The van der Waals surface area contributed by atoms with Crippen LogP contribution < -0.4 is 4.74 Å². The molecule has 0 N–H and O–H groups in total. The summed E-state index contributed by atoms with van der Waals surface area (Å²) in [7, 11) is 3.51. The van der Waals surface area contributed by atoms with Crippen LogP contribution in [-0.2, 0) is 26.2 Å². The van der Waals surface area contributed by atoms with Crippen molar-refractivity contribution in [3.63, 3.8) is 0 Å². The van der Waals surface area contributed by atoms with E-state index in [1.807, 2.05) is 42.6 Å². The van der Waals surface area contributed by atoms with Crippen molar-refractivity contribution in [2.75, 3.05) is 14.1 Å². The van der Waals surface area contributed by atoms with Gasteiger partial charge in [-0.3, -0.25) is 14.7 Å². The van der Waals surface area contributed by atoms with Crippen LogP contribution in [0.25, 0.3) is 10.9 Å². The van der Waals surface area contributed by atoms with E-state index in [0.29, 0.717) is 12.2 Å². The number of fused-ring (bicyclic) bond motifs is 2. The first-order valence-corrected chi connectivity index (χ1v) is 11.2. The van der Waals surface area contributed by atoms with Crippen molar-refractivity contribution in [2.45, 2.75) is 26.2 Å². The van der Waals surface area contributed by atoms with Crippen LogP contribution in [0.3, 0.4) is 0 Å². The number of nitrogens with zero attached hydrogens (tertiary/aromatic N) is 3. The molecule has 2 heterocycles. The van der Waals surface area contributed by atoms with Crippen molar-refractivity contribution in [1.29, 1.82) is 0 Å². The van der Waals surface area contributed by atoms with Gasteiger partial charge in [-0.05, 0) is 46.5 Å². The maximum atomic E-state index is 12.1. The third kappa shape index (κ3) is 4.45. The highest BCUT2D eigenvalue weighted by molar-refractivity contribution is 5.93. The first-order valence-electron chi connectivity index (χ1n) is 11.2. The molecule has 166 valence electrons. The smallest absolute Gasteiger partial charge is 0.253 e. The maximum absolute atomic E-state index is 12.1. The zero-order chi connectivity index (χ0) is 22.8.